The molecule has 0 unspecified atom stereocenters. The highest BCUT2D eigenvalue weighted by atomic mass is 16.5. The summed E-state index contributed by atoms with van der Waals surface area (Å²) in [5.41, 5.74) is 2.50. The summed E-state index contributed by atoms with van der Waals surface area (Å²) in [6.45, 7) is 5.42. The van der Waals surface area contributed by atoms with Gasteiger partial charge in [-0.05, 0) is 24.5 Å². The molecule has 0 heterocycles. The van der Waals surface area contributed by atoms with E-state index >= 15 is 0 Å². The molecule has 2 nitrogen and oxygen atoms in total. The second-order valence-corrected chi connectivity index (χ2v) is 3.98. The van der Waals surface area contributed by atoms with Gasteiger partial charge in [0.2, 0.25) is 0 Å². The molecule has 90 valence electrons. The average Bonchev–Trinajstić information content (AvgIpc) is 2.34. The number of nitrogens with one attached hydrogen (secondary N) is 1. The Morgan fingerprint density at radius 2 is 2.00 bits per heavy atom. The number of rotatable bonds is 7. The Hall–Kier alpha value is -1.18. The number of methoxy groups -OCH3 is 1. The molecule has 0 bridgehead atoms. The smallest absolute Gasteiger partial charge is 0.142 e. The van der Waals surface area contributed by atoms with Gasteiger partial charge < -0.3 is 10.1 Å². The zero-order valence-corrected chi connectivity index (χ0v) is 10.7. The van der Waals surface area contributed by atoms with Crippen LogP contribution in [0.25, 0.3) is 0 Å². The van der Waals surface area contributed by atoms with Crippen molar-refractivity contribution in [3.8, 4) is 5.75 Å². The molecule has 0 fully saturated rings. The third-order valence-corrected chi connectivity index (χ3v) is 2.80. The minimum absolute atomic E-state index is 0.954. The zero-order valence-electron chi connectivity index (χ0n) is 10.7. The molecule has 0 saturated carbocycles. The quantitative estimate of drug-likeness (QED) is 0.706. The van der Waals surface area contributed by atoms with Crippen molar-refractivity contribution in [2.75, 3.05) is 19.0 Å². The van der Waals surface area contributed by atoms with Gasteiger partial charge in [0, 0.05) is 6.54 Å². The Labute approximate surface area is 99.0 Å². The molecule has 1 rings (SSSR count). The van der Waals surface area contributed by atoms with E-state index in [1.165, 1.54) is 30.5 Å². The van der Waals surface area contributed by atoms with E-state index < -0.39 is 0 Å². The van der Waals surface area contributed by atoms with Gasteiger partial charge in [-0.1, -0.05) is 38.8 Å². The first-order valence-corrected chi connectivity index (χ1v) is 6.23. The van der Waals surface area contributed by atoms with E-state index in [0.29, 0.717) is 0 Å². The number of para-hydroxylation sites is 1. The number of ether oxygens (including phenoxy) is 1. The van der Waals surface area contributed by atoms with Crippen LogP contribution in [-0.4, -0.2) is 13.7 Å². The summed E-state index contributed by atoms with van der Waals surface area (Å²) in [4.78, 5) is 0. The lowest BCUT2D eigenvalue weighted by Crippen LogP contribution is -2.05. The Morgan fingerprint density at radius 1 is 1.19 bits per heavy atom. The van der Waals surface area contributed by atoms with Crippen LogP contribution < -0.4 is 10.1 Å². The fourth-order valence-corrected chi connectivity index (χ4v) is 1.83. The first kappa shape index (κ1) is 12.9. The van der Waals surface area contributed by atoms with Crippen LogP contribution in [0.3, 0.4) is 0 Å². The normalized spacial score (nSPS) is 10.2. The summed E-state index contributed by atoms with van der Waals surface area (Å²) >= 11 is 0. The topological polar surface area (TPSA) is 21.3 Å². The average molecular weight is 221 g/mol. The van der Waals surface area contributed by atoms with Gasteiger partial charge in [-0.3, -0.25) is 0 Å². The molecule has 0 spiro atoms. The van der Waals surface area contributed by atoms with E-state index in [1.807, 2.05) is 6.07 Å². The number of benzene rings is 1. The molecule has 0 amide bonds. The van der Waals surface area contributed by atoms with Crippen molar-refractivity contribution < 1.29 is 4.74 Å². The monoisotopic (exact) mass is 221 g/mol. The molecular formula is C14H23NO. The van der Waals surface area contributed by atoms with Crippen LogP contribution in [-0.2, 0) is 6.42 Å². The summed E-state index contributed by atoms with van der Waals surface area (Å²) in [7, 11) is 1.73. The molecule has 0 atom stereocenters. The lowest BCUT2D eigenvalue weighted by molar-refractivity contribution is 0.416. The molecule has 0 aromatic heterocycles. The summed E-state index contributed by atoms with van der Waals surface area (Å²) < 4.78 is 5.38. The van der Waals surface area contributed by atoms with Crippen molar-refractivity contribution in [3.63, 3.8) is 0 Å². The van der Waals surface area contributed by atoms with Gasteiger partial charge in [0.15, 0.2) is 0 Å². The second-order valence-electron chi connectivity index (χ2n) is 3.98. The molecule has 0 aliphatic rings. The van der Waals surface area contributed by atoms with Crippen molar-refractivity contribution in [1.29, 1.82) is 0 Å². The van der Waals surface area contributed by atoms with E-state index in [2.05, 4.69) is 31.3 Å². The SMILES string of the molecule is CCCCCNc1c(CC)cccc1OC. The van der Waals surface area contributed by atoms with Gasteiger partial charge in [-0.15, -0.1) is 0 Å². The van der Waals surface area contributed by atoms with Gasteiger partial charge in [0.05, 0.1) is 12.8 Å². The van der Waals surface area contributed by atoms with Gasteiger partial charge in [0.1, 0.15) is 5.75 Å². The lowest BCUT2D eigenvalue weighted by Gasteiger charge is -2.14. The molecule has 0 saturated heterocycles. The Morgan fingerprint density at radius 3 is 2.62 bits per heavy atom. The first-order valence-electron chi connectivity index (χ1n) is 6.23. The maximum Gasteiger partial charge on any atom is 0.142 e. The number of hydrogen-bond donors (Lipinski definition) is 1. The summed E-state index contributed by atoms with van der Waals surface area (Å²) in [6.07, 6.45) is 4.79. The third kappa shape index (κ3) is 3.44. The van der Waals surface area contributed by atoms with E-state index in [4.69, 9.17) is 4.74 Å². The molecular weight excluding hydrogens is 198 g/mol. The van der Waals surface area contributed by atoms with E-state index in [0.717, 1.165) is 18.7 Å². The highest BCUT2D eigenvalue weighted by molar-refractivity contribution is 5.62. The summed E-state index contributed by atoms with van der Waals surface area (Å²) in [5.74, 6) is 0.954. The lowest BCUT2D eigenvalue weighted by atomic mass is 10.1. The molecule has 1 N–H and O–H groups in total. The maximum absolute atomic E-state index is 5.38. The molecule has 1 aromatic rings. The minimum Gasteiger partial charge on any atom is -0.495 e. The van der Waals surface area contributed by atoms with E-state index in [9.17, 15) is 0 Å². The Bertz CT molecular complexity index is 287. The Balaban J connectivity index is 2.67. The van der Waals surface area contributed by atoms with Crippen LogP contribution in [0.15, 0.2) is 18.2 Å². The van der Waals surface area contributed by atoms with Crippen LogP contribution in [0.5, 0.6) is 5.75 Å². The van der Waals surface area contributed by atoms with Crippen molar-refractivity contribution in [3.05, 3.63) is 23.8 Å². The molecule has 1 aromatic carbocycles. The molecule has 0 radical (unpaired) electrons. The van der Waals surface area contributed by atoms with Crippen LogP contribution in [0.1, 0.15) is 38.7 Å². The first-order chi connectivity index (χ1) is 7.83. The number of anilines is 1. The highest BCUT2D eigenvalue weighted by Crippen LogP contribution is 2.28. The van der Waals surface area contributed by atoms with Crippen LogP contribution in [0, 0.1) is 0 Å². The van der Waals surface area contributed by atoms with Gasteiger partial charge in [-0.25, -0.2) is 0 Å². The van der Waals surface area contributed by atoms with Crippen LogP contribution in [0.2, 0.25) is 0 Å². The van der Waals surface area contributed by atoms with E-state index in [-0.39, 0.29) is 0 Å². The predicted octanol–water partition coefficient (Wildman–Crippen LogP) is 3.86. The van der Waals surface area contributed by atoms with Crippen LogP contribution >= 0.6 is 0 Å². The van der Waals surface area contributed by atoms with Crippen molar-refractivity contribution in [2.45, 2.75) is 39.5 Å². The van der Waals surface area contributed by atoms with Crippen molar-refractivity contribution in [2.24, 2.45) is 0 Å². The largest absolute Gasteiger partial charge is 0.495 e. The maximum atomic E-state index is 5.38. The summed E-state index contributed by atoms with van der Waals surface area (Å²) in [5, 5.41) is 3.49. The highest BCUT2D eigenvalue weighted by Gasteiger charge is 2.06. The number of aryl methyl sites for hydroxylation is 1. The van der Waals surface area contributed by atoms with E-state index in [1.54, 1.807) is 7.11 Å². The Kier molecular flexibility index (Phi) is 5.76. The second kappa shape index (κ2) is 7.15. The zero-order chi connectivity index (χ0) is 11.8. The fourth-order valence-electron chi connectivity index (χ4n) is 1.83. The molecule has 0 aliphatic heterocycles. The predicted molar refractivity (Wildman–Crippen MR) is 70.4 cm³/mol. The standard InChI is InChI=1S/C14H23NO/c1-4-6-7-11-15-14-12(5-2)9-8-10-13(14)16-3/h8-10,15H,4-7,11H2,1-3H3. The van der Waals surface area contributed by atoms with Crippen molar-refractivity contribution in [1.82, 2.24) is 0 Å². The molecule has 2 heteroatoms. The summed E-state index contributed by atoms with van der Waals surface area (Å²) in [6, 6.07) is 6.22. The molecule has 16 heavy (non-hydrogen) atoms. The fraction of sp³-hybridized carbons (Fsp3) is 0.571. The third-order valence-electron chi connectivity index (χ3n) is 2.80. The van der Waals surface area contributed by atoms with Crippen molar-refractivity contribution >= 4 is 5.69 Å². The van der Waals surface area contributed by atoms with Crippen LogP contribution in [0.4, 0.5) is 5.69 Å². The van der Waals surface area contributed by atoms with Gasteiger partial charge in [-0.2, -0.15) is 0 Å². The number of hydrogen-bond acceptors (Lipinski definition) is 2. The van der Waals surface area contributed by atoms with Gasteiger partial charge in [0.25, 0.3) is 0 Å². The minimum atomic E-state index is 0.954. The van der Waals surface area contributed by atoms with Gasteiger partial charge >= 0.3 is 0 Å². The number of unbranched alkanes of at least 4 members (excludes halogenated alkanes) is 2. The molecule has 0 aliphatic carbocycles.